The molecule has 138 valence electrons. The van der Waals surface area contributed by atoms with Gasteiger partial charge in [-0.15, -0.1) is 11.3 Å². The number of furan rings is 1. The zero-order valence-electron chi connectivity index (χ0n) is 13.7. The third-order valence-electron chi connectivity index (χ3n) is 4.00. The van der Waals surface area contributed by atoms with Gasteiger partial charge < -0.3 is 14.9 Å². The van der Waals surface area contributed by atoms with Gasteiger partial charge >= 0.3 is 0 Å². The van der Waals surface area contributed by atoms with Gasteiger partial charge in [0.25, 0.3) is 0 Å². The third-order valence-corrected chi connectivity index (χ3v) is 5.57. The van der Waals surface area contributed by atoms with Crippen molar-refractivity contribution < 1.29 is 13.5 Å². The highest BCUT2D eigenvalue weighted by Crippen LogP contribution is 2.38. The van der Waals surface area contributed by atoms with E-state index in [9.17, 15) is 4.39 Å². The van der Waals surface area contributed by atoms with Crippen molar-refractivity contribution in [3.63, 3.8) is 0 Å². The van der Waals surface area contributed by atoms with Gasteiger partial charge in [0.15, 0.2) is 11.4 Å². The monoisotopic (exact) mass is 423 g/mol. The lowest BCUT2D eigenvalue weighted by molar-refractivity contribution is 0.321. The number of ether oxygens (including phenoxy) is 1. The normalized spacial score (nSPS) is 11.2. The average molecular weight is 424 g/mol. The molecule has 0 saturated carbocycles. The van der Waals surface area contributed by atoms with Crippen molar-refractivity contribution in [3.05, 3.63) is 57.6 Å². The summed E-state index contributed by atoms with van der Waals surface area (Å²) in [5.74, 6) is -0.0172. The molecule has 0 saturated heterocycles. The number of anilines is 1. The lowest BCUT2D eigenvalue weighted by atomic mass is 10.1. The molecule has 0 aliphatic heterocycles. The highest BCUT2D eigenvalue weighted by atomic mass is 35.5. The molecular formula is C18H12Cl2FN3O2S. The van der Waals surface area contributed by atoms with Gasteiger partial charge in [-0.3, -0.25) is 0 Å². The molecule has 4 rings (SSSR count). The average Bonchev–Trinajstić information content (AvgIpc) is 3.32. The molecule has 1 aromatic carbocycles. The molecular weight excluding hydrogens is 412 g/mol. The molecule has 2 N–H and O–H groups in total. The Bertz CT molecular complexity index is 1120. The Morgan fingerprint density at radius 3 is 2.89 bits per heavy atom. The van der Waals surface area contributed by atoms with E-state index in [1.54, 1.807) is 18.7 Å². The molecule has 27 heavy (non-hydrogen) atoms. The van der Waals surface area contributed by atoms with Crippen molar-refractivity contribution in [1.29, 1.82) is 0 Å². The maximum atomic E-state index is 13.6. The number of nitrogens with two attached hydrogens (primary N) is 1. The van der Waals surface area contributed by atoms with E-state index in [0.717, 1.165) is 16.0 Å². The van der Waals surface area contributed by atoms with Gasteiger partial charge in [-0.2, -0.15) is 0 Å². The maximum Gasteiger partial charge on any atom is 0.205 e. The van der Waals surface area contributed by atoms with Crippen LogP contribution in [0.2, 0.25) is 10.0 Å². The van der Waals surface area contributed by atoms with Crippen molar-refractivity contribution in [1.82, 2.24) is 9.97 Å². The van der Waals surface area contributed by atoms with Gasteiger partial charge in [-0.25, -0.2) is 14.4 Å². The number of hydrogen-bond donors (Lipinski definition) is 1. The number of fused-ring (bicyclic) bond motifs is 1. The minimum absolute atomic E-state index is 0.0144. The van der Waals surface area contributed by atoms with E-state index in [0.29, 0.717) is 28.3 Å². The minimum Gasteiger partial charge on any atom is -0.486 e. The summed E-state index contributed by atoms with van der Waals surface area (Å²) in [6.07, 6.45) is 5.23. The van der Waals surface area contributed by atoms with E-state index in [2.05, 4.69) is 9.97 Å². The standard InChI is InChI=1S/C18H12Cl2FN3O2S/c19-12-1-2-13(21)14(20)9(12)3-5-25-16-15-10(7-24-17(16)22)11(8-26-15)18-23-4-6-27-18/h1-2,4,6-8H,3,5H2,(H2,22,24). The van der Waals surface area contributed by atoms with Crippen LogP contribution in [0.5, 0.6) is 5.75 Å². The Morgan fingerprint density at radius 1 is 1.26 bits per heavy atom. The molecule has 5 nitrogen and oxygen atoms in total. The molecule has 0 radical (unpaired) electrons. The second-order valence-corrected chi connectivity index (χ2v) is 7.30. The predicted octanol–water partition coefficient (Wildman–Crippen LogP) is 5.60. The zero-order chi connectivity index (χ0) is 19.0. The van der Waals surface area contributed by atoms with Crippen LogP contribution in [-0.4, -0.2) is 16.6 Å². The van der Waals surface area contributed by atoms with Gasteiger partial charge in [0, 0.05) is 29.2 Å². The van der Waals surface area contributed by atoms with Crippen LogP contribution in [0.25, 0.3) is 21.5 Å². The molecule has 0 aliphatic rings. The zero-order valence-corrected chi connectivity index (χ0v) is 16.0. The van der Waals surface area contributed by atoms with Gasteiger partial charge in [-0.1, -0.05) is 23.2 Å². The van der Waals surface area contributed by atoms with E-state index in [-0.39, 0.29) is 17.4 Å². The predicted molar refractivity (Wildman–Crippen MR) is 105 cm³/mol. The summed E-state index contributed by atoms with van der Waals surface area (Å²) in [4.78, 5) is 8.47. The van der Waals surface area contributed by atoms with Crippen LogP contribution in [-0.2, 0) is 6.42 Å². The molecule has 3 aromatic heterocycles. The lowest BCUT2D eigenvalue weighted by Gasteiger charge is -2.11. The number of halogens is 3. The fraction of sp³-hybridized carbons (Fsp3) is 0.111. The van der Waals surface area contributed by atoms with E-state index in [1.807, 2.05) is 5.38 Å². The van der Waals surface area contributed by atoms with E-state index >= 15 is 0 Å². The van der Waals surface area contributed by atoms with Crippen molar-refractivity contribution >= 4 is 51.3 Å². The van der Waals surface area contributed by atoms with Crippen LogP contribution in [0.4, 0.5) is 10.2 Å². The van der Waals surface area contributed by atoms with Crippen LogP contribution in [0.15, 0.2) is 40.6 Å². The van der Waals surface area contributed by atoms with Crippen LogP contribution in [0, 0.1) is 5.82 Å². The summed E-state index contributed by atoms with van der Waals surface area (Å²) >= 11 is 13.6. The molecule has 0 unspecified atom stereocenters. The van der Waals surface area contributed by atoms with Crippen LogP contribution >= 0.6 is 34.5 Å². The molecule has 0 amide bonds. The Morgan fingerprint density at radius 2 is 2.11 bits per heavy atom. The highest BCUT2D eigenvalue weighted by molar-refractivity contribution is 7.13. The quantitative estimate of drug-likeness (QED) is 0.422. The second-order valence-electron chi connectivity index (χ2n) is 5.62. The molecule has 0 fully saturated rings. The summed E-state index contributed by atoms with van der Waals surface area (Å²) in [7, 11) is 0. The van der Waals surface area contributed by atoms with Crippen molar-refractivity contribution in [2.24, 2.45) is 0 Å². The Hall–Kier alpha value is -2.35. The number of rotatable bonds is 5. The first-order valence-electron chi connectivity index (χ1n) is 7.87. The van der Waals surface area contributed by atoms with Crippen LogP contribution in [0.3, 0.4) is 0 Å². The molecule has 9 heteroatoms. The number of nitrogens with zero attached hydrogens (tertiary/aromatic N) is 2. The second kappa shape index (κ2) is 7.34. The fourth-order valence-electron chi connectivity index (χ4n) is 2.70. The number of benzene rings is 1. The van der Waals surface area contributed by atoms with E-state index in [4.69, 9.17) is 38.1 Å². The summed E-state index contributed by atoms with van der Waals surface area (Å²) in [5.41, 5.74) is 7.72. The molecule has 0 aliphatic carbocycles. The first-order valence-corrected chi connectivity index (χ1v) is 9.50. The molecule has 0 atom stereocenters. The minimum atomic E-state index is -0.529. The summed E-state index contributed by atoms with van der Waals surface area (Å²) in [5, 5.41) is 3.79. The highest BCUT2D eigenvalue weighted by Gasteiger charge is 2.18. The number of thiazole rings is 1. The topological polar surface area (TPSA) is 74.2 Å². The maximum absolute atomic E-state index is 13.6. The molecule has 3 heterocycles. The van der Waals surface area contributed by atoms with Crippen molar-refractivity contribution in [3.8, 4) is 16.3 Å². The summed E-state index contributed by atoms with van der Waals surface area (Å²) in [6, 6.07) is 2.68. The first kappa shape index (κ1) is 18.0. The van der Waals surface area contributed by atoms with E-state index in [1.165, 1.54) is 23.5 Å². The molecule has 0 bridgehead atoms. The van der Waals surface area contributed by atoms with Crippen molar-refractivity contribution in [2.45, 2.75) is 6.42 Å². The number of pyridine rings is 1. The Labute approximate surface area is 167 Å². The number of nitrogen functional groups attached to an aromatic ring is 1. The van der Waals surface area contributed by atoms with Gasteiger partial charge in [-0.05, 0) is 17.7 Å². The molecule has 0 spiro atoms. The molecule has 4 aromatic rings. The lowest BCUT2D eigenvalue weighted by Crippen LogP contribution is -2.06. The van der Waals surface area contributed by atoms with Crippen molar-refractivity contribution in [2.75, 3.05) is 12.3 Å². The van der Waals surface area contributed by atoms with Crippen LogP contribution in [0.1, 0.15) is 5.56 Å². The summed E-state index contributed by atoms with van der Waals surface area (Å²) < 4.78 is 25.1. The van der Waals surface area contributed by atoms with Gasteiger partial charge in [0.1, 0.15) is 17.1 Å². The first-order chi connectivity index (χ1) is 13.1. The van der Waals surface area contributed by atoms with Gasteiger partial charge in [0.05, 0.1) is 22.6 Å². The summed E-state index contributed by atoms with van der Waals surface area (Å²) in [6.45, 7) is 0.168. The fourth-order valence-corrected chi connectivity index (χ4v) is 3.91. The Kier molecular flexibility index (Phi) is 4.90. The van der Waals surface area contributed by atoms with Gasteiger partial charge in [0.2, 0.25) is 5.75 Å². The smallest absolute Gasteiger partial charge is 0.205 e. The largest absolute Gasteiger partial charge is 0.486 e. The number of aromatic nitrogens is 2. The SMILES string of the molecule is Nc1ncc2c(-c3nccs3)coc2c1OCCc1c(Cl)ccc(F)c1Cl. The third kappa shape index (κ3) is 3.34. The number of hydrogen-bond acceptors (Lipinski definition) is 6. The van der Waals surface area contributed by atoms with E-state index < -0.39 is 5.82 Å². The Balaban J connectivity index is 1.61. The van der Waals surface area contributed by atoms with Crippen LogP contribution < -0.4 is 10.5 Å².